The van der Waals surface area contributed by atoms with E-state index in [0.29, 0.717) is 0 Å². The van der Waals surface area contributed by atoms with Crippen molar-refractivity contribution in [1.82, 2.24) is 4.57 Å². The van der Waals surface area contributed by atoms with E-state index in [2.05, 4.69) is 168 Å². The van der Waals surface area contributed by atoms with Crippen LogP contribution in [0.15, 0.2) is 168 Å². The first-order valence-corrected chi connectivity index (χ1v) is 15.0. The van der Waals surface area contributed by atoms with Crippen LogP contribution in [0, 0.1) is 0 Å². The van der Waals surface area contributed by atoms with Crippen LogP contribution in [0.3, 0.4) is 0 Å². The van der Waals surface area contributed by atoms with Gasteiger partial charge in [-0.3, -0.25) is 0 Å². The summed E-state index contributed by atoms with van der Waals surface area (Å²) < 4.78 is 8.70. The van der Waals surface area contributed by atoms with Crippen LogP contribution in [0.25, 0.3) is 82.8 Å². The fourth-order valence-electron chi connectivity index (χ4n) is 6.73. The van der Waals surface area contributed by atoms with Crippen molar-refractivity contribution in [1.29, 1.82) is 0 Å². The molecule has 0 radical (unpaired) electrons. The second-order valence-corrected chi connectivity index (χ2v) is 11.4. The molecule has 0 bridgehead atoms. The van der Waals surface area contributed by atoms with Gasteiger partial charge in [0.25, 0.3) is 0 Å². The highest BCUT2D eigenvalue weighted by atomic mass is 16.3. The van der Waals surface area contributed by atoms with Crippen LogP contribution in [-0.2, 0) is 0 Å². The van der Waals surface area contributed by atoms with Crippen molar-refractivity contribution in [3.05, 3.63) is 164 Å². The fourth-order valence-corrected chi connectivity index (χ4v) is 6.73. The quantitative estimate of drug-likeness (QED) is 0.209. The summed E-state index contributed by atoms with van der Waals surface area (Å²) in [7, 11) is 0. The van der Waals surface area contributed by atoms with Gasteiger partial charge in [-0.1, -0.05) is 115 Å². The topological polar surface area (TPSA) is 18.1 Å². The zero-order valence-electron chi connectivity index (χ0n) is 23.9. The first-order chi connectivity index (χ1) is 21.8. The Bertz CT molecular complexity index is 2470. The lowest BCUT2D eigenvalue weighted by atomic mass is 9.97. The Morgan fingerprint density at radius 3 is 1.77 bits per heavy atom. The summed E-state index contributed by atoms with van der Waals surface area (Å²) >= 11 is 0. The normalized spacial score (nSPS) is 11.6. The Morgan fingerprint density at radius 1 is 0.364 bits per heavy atom. The number of aromatic nitrogens is 1. The lowest BCUT2D eigenvalue weighted by molar-refractivity contribution is 0.669. The minimum Gasteiger partial charge on any atom is -0.456 e. The van der Waals surface area contributed by atoms with Gasteiger partial charge in [0, 0.05) is 27.2 Å². The molecule has 2 nitrogen and oxygen atoms in total. The zero-order chi connectivity index (χ0) is 29.0. The molecule has 2 heteroatoms. The van der Waals surface area contributed by atoms with Gasteiger partial charge >= 0.3 is 0 Å². The molecule has 206 valence electrons. The van der Waals surface area contributed by atoms with Gasteiger partial charge in [0.2, 0.25) is 0 Å². The number of hydrogen-bond acceptors (Lipinski definition) is 1. The number of benzene rings is 7. The van der Waals surface area contributed by atoms with E-state index in [4.69, 9.17) is 4.42 Å². The van der Waals surface area contributed by atoms with Crippen molar-refractivity contribution >= 4 is 43.7 Å². The number of furan rings is 1. The molecule has 0 saturated heterocycles. The van der Waals surface area contributed by atoms with Crippen LogP contribution >= 0.6 is 0 Å². The average molecular weight is 562 g/mol. The van der Waals surface area contributed by atoms with Gasteiger partial charge in [-0.25, -0.2) is 0 Å². The highest BCUT2D eigenvalue weighted by Gasteiger charge is 2.16. The molecule has 0 aliphatic carbocycles. The van der Waals surface area contributed by atoms with Crippen LogP contribution in [0.5, 0.6) is 0 Å². The lowest BCUT2D eigenvalue weighted by Crippen LogP contribution is -1.93. The van der Waals surface area contributed by atoms with Crippen molar-refractivity contribution < 1.29 is 4.42 Å². The van der Waals surface area contributed by atoms with Gasteiger partial charge in [-0.05, 0) is 81.9 Å². The standard InChI is InChI=1S/C42H27NO/c1-3-10-28(11-4-1)29-18-22-33(23-19-29)43-38-16-8-7-14-35(38)36-26-31(20-24-39(36)43)32-21-25-40-37(27-32)42-34(15-9-17-41(42)44-40)30-12-5-2-6-13-30/h1-27H. The smallest absolute Gasteiger partial charge is 0.136 e. The van der Waals surface area contributed by atoms with Crippen LogP contribution in [0.2, 0.25) is 0 Å². The number of hydrogen-bond donors (Lipinski definition) is 0. The Hall–Kier alpha value is -5.86. The third-order valence-electron chi connectivity index (χ3n) is 8.82. The van der Waals surface area contributed by atoms with E-state index in [9.17, 15) is 0 Å². The maximum absolute atomic E-state index is 6.32. The van der Waals surface area contributed by atoms with E-state index in [1.54, 1.807) is 0 Å². The van der Waals surface area contributed by atoms with Gasteiger partial charge in [0.15, 0.2) is 0 Å². The third-order valence-corrected chi connectivity index (χ3v) is 8.82. The first kappa shape index (κ1) is 24.7. The van der Waals surface area contributed by atoms with Crippen molar-refractivity contribution in [3.8, 4) is 39.1 Å². The van der Waals surface area contributed by atoms with Gasteiger partial charge in [0.05, 0.1) is 11.0 Å². The second-order valence-electron chi connectivity index (χ2n) is 11.4. The summed E-state index contributed by atoms with van der Waals surface area (Å²) in [5.41, 5.74) is 12.6. The van der Waals surface area contributed by atoms with E-state index in [0.717, 1.165) is 27.6 Å². The Kier molecular flexibility index (Phi) is 5.54. The maximum atomic E-state index is 6.32. The summed E-state index contributed by atoms with van der Waals surface area (Å²) in [4.78, 5) is 0. The molecule has 9 aromatic rings. The molecular formula is C42H27NO. The predicted octanol–water partition coefficient (Wildman–Crippen LogP) is 11.7. The summed E-state index contributed by atoms with van der Waals surface area (Å²) in [6, 6.07) is 58.5. The molecule has 0 aliphatic rings. The van der Waals surface area contributed by atoms with Crippen molar-refractivity contribution in [2.24, 2.45) is 0 Å². The van der Waals surface area contributed by atoms with Crippen LogP contribution in [0.1, 0.15) is 0 Å². The van der Waals surface area contributed by atoms with Gasteiger partial charge < -0.3 is 8.98 Å². The molecule has 44 heavy (non-hydrogen) atoms. The number of fused-ring (bicyclic) bond motifs is 6. The van der Waals surface area contributed by atoms with Gasteiger partial charge in [0.1, 0.15) is 11.2 Å². The van der Waals surface area contributed by atoms with E-state index >= 15 is 0 Å². The summed E-state index contributed by atoms with van der Waals surface area (Å²) in [5, 5.41) is 4.79. The van der Waals surface area contributed by atoms with Crippen molar-refractivity contribution in [2.75, 3.05) is 0 Å². The van der Waals surface area contributed by atoms with Gasteiger partial charge in [-0.2, -0.15) is 0 Å². The van der Waals surface area contributed by atoms with E-state index in [1.165, 1.54) is 55.2 Å². The van der Waals surface area contributed by atoms with E-state index in [-0.39, 0.29) is 0 Å². The predicted molar refractivity (Wildman–Crippen MR) is 184 cm³/mol. The first-order valence-electron chi connectivity index (χ1n) is 15.0. The minimum atomic E-state index is 0.906. The van der Waals surface area contributed by atoms with Crippen molar-refractivity contribution in [3.63, 3.8) is 0 Å². The van der Waals surface area contributed by atoms with Crippen LogP contribution < -0.4 is 0 Å². The highest BCUT2D eigenvalue weighted by Crippen LogP contribution is 2.40. The monoisotopic (exact) mass is 561 g/mol. The van der Waals surface area contributed by atoms with Crippen LogP contribution in [-0.4, -0.2) is 4.57 Å². The van der Waals surface area contributed by atoms with Crippen molar-refractivity contribution in [2.45, 2.75) is 0 Å². The molecule has 0 N–H and O–H groups in total. The summed E-state index contributed by atoms with van der Waals surface area (Å²) in [6.07, 6.45) is 0. The molecule has 2 heterocycles. The largest absolute Gasteiger partial charge is 0.456 e. The SMILES string of the molecule is c1ccc(-c2ccc(-n3c4ccccc4c4cc(-c5ccc6oc7cccc(-c8ccccc8)c7c6c5)ccc43)cc2)cc1. The molecule has 0 amide bonds. The molecule has 0 saturated carbocycles. The Morgan fingerprint density at radius 2 is 0.977 bits per heavy atom. The molecule has 0 unspecified atom stereocenters. The Balaban J connectivity index is 1.20. The second kappa shape index (κ2) is 9.86. The number of nitrogens with zero attached hydrogens (tertiary/aromatic N) is 1. The van der Waals surface area contributed by atoms with Gasteiger partial charge in [-0.15, -0.1) is 0 Å². The number of para-hydroxylation sites is 1. The molecule has 0 fully saturated rings. The fraction of sp³-hybridized carbons (Fsp3) is 0. The Labute approximate surface area is 255 Å². The molecule has 0 spiro atoms. The number of rotatable bonds is 4. The molecule has 2 aromatic heterocycles. The molecule has 0 aliphatic heterocycles. The summed E-state index contributed by atoms with van der Waals surface area (Å²) in [5.74, 6) is 0. The van der Waals surface area contributed by atoms with Crippen LogP contribution in [0.4, 0.5) is 0 Å². The lowest BCUT2D eigenvalue weighted by Gasteiger charge is -2.10. The molecule has 9 rings (SSSR count). The molecule has 7 aromatic carbocycles. The highest BCUT2D eigenvalue weighted by molar-refractivity contribution is 6.14. The van der Waals surface area contributed by atoms with E-state index < -0.39 is 0 Å². The van der Waals surface area contributed by atoms with E-state index in [1.807, 2.05) is 0 Å². The average Bonchev–Trinajstić information content (AvgIpc) is 3.64. The maximum Gasteiger partial charge on any atom is 0.136 e. The molecule has 0 atom stereocenters. The summed E-state index contributed by atoms with van der Waals surface area (Å²) in [6.45, 7) is 0. The third kappa shape index (κ3) is 3.89. The minimum absolute atomic E-state index is 0.906. The zero-order valence-corrected chi connectivity index (χ0v) is 23.9. The molecular weight excluding hydrogens is 534 g/mol.